The highest BCUT2D eigenvalue weighted by atomic mass is 16.5. The molecule has 1 atom stereocenters. The number of hydrazine groups is 1. The zero-order chi connectivity index (χ0) is 12.1. The molecule has 1 unspecified atom stereocenters. The molecule has 0 bridgehead atoms. The van der Waals surface area contributed by atoms with Gasteiger partial charge in [-0.05, 0) is 23.1 Å². The van der Waals surface area contributed by atoms with Crippen LogP contribution in [0.4, 0.5) is 0 Å². The Hall–Kier alpha value is -0.900. The summed E-state index contributed by atoms with van der Waals surface area (Å²) >= 11 is 0. The Balaban J connectivity index is 2.03. The summed E-state index contributed by atoms with van der Waals surface area (Å²) in [6.45, 7) is 3.72. The summed E-state index contributed by atoms with van der Waals surface area (Å²) in [7, 11) is 0. The van der Waals surface area contributed by atoms with Gasteiger partial charge in [-0.2, -0.15) is 0 Å². The second-order valence-corrected chi connectivity index (χ2v) is 4.74. The van der Waals surface area contributed by atoms with Gasteiger partial charge in [-0.1, -0.05) is 44.4 Å². The van der Waals surface area contributed by atoms with Crippen LogP contribution in [0.2, 0.25) is 0 Å². The number of rotatable bonds is 6. The zero-order valence-electron chi connectivity index (χ0n) is 10.5. The van der Waals surface area contributed by atoms with Gasteiger partial charge in [0.15, 0.2) is 0 Å². The highest BCUT2D eigenvalue weighted by molar-refractivity contribution is 5.34. The Morgan fingerprint density at radius 2 is 2.12 bits per heavy atom. The van der Waals surface area contributed by atoms with Gasteiger partial charge in [0.25, 0.3) is 0 Å². The van der Waals surface area contributed by atoms with E-state index in [0.717, 1.165) is 19.6 Å². The summed E-state index contributed by atoms with van der Waals surface area (Å²) in [6, 6.07) is 6.84. The lowest BCUT2D eigenvalue weighted by Crippen LogP contribution is -2.28. The van der Waals surface area contributed by atoms with Crippen molar-refractivity contribution in [3.05, 3.63) is 34.9 Å². The zero-order valence-corrected chi connectivity index (χ0v) is 10.5. The molecule has 0 aromatic heterocycles. The molecule has 0 saturated heterocycles. The molecule has 0 fully saturated rings. The SMILES string of the molecule is CCCCCC(NN)c1ccc2c(c1)COC2. The third-order valence-corrected chi connectivity index (χ3v) is 3.45. The summed E-state index contributed by atoms with van der Waals surface area (Å²) < 4.78 is 5.43. The van der Waals surface area contributed by atoms with Crippen LogP contribution in [0.15, 0.2) is 18.2 Å². The standard InChI is InChI=1S/C14H22N2O/c1-2-3-4-5-14(16-15)11-6-7-12-9-17-10-13(12)8-11/h6-8,14,16H,2-5,9-10,15H2,1H3. The maximum absolute atomic E-state index is 5.65. The molecule has 3 nitrogen and oxygen atoms in total. The predicted octanol–water partition coefficient (Wildman–Crippen LogP) is 2.80. The molecule has 0 saturated carbocycles. The summed E-state index contributed by atoms with van der Waals surface area (Å²) in [5, 5.41) is 0. The first-order valence-electron chi connectivity index (χ1n) is 6.50. The van der Waals surface area contributed by atoms with Crippen LogP contribution >= 0.6 is 0 Å². The Morgan fingerprint density at radius 1 is 1.29 bits per heavy atom. The molecular formula is C14H22N2O. The average Bonchev–Trinajstić information content (AvgIpc) is 2.82. The Kier molecular flexibility index (Phi) is 4.54. The van der Waals surface area contributed by atoms with E-state index < -0.39 is 0 Å². The van der Waals surface area contributed by atoms with E-state index in [2.05, 4.69) is 30.5 Å². The van der Waals surface area contributed by atoms with E-state index in [9.17, 15) is 0 Å². The Bertz CT molecular complexity index is 365. The Morgan fingerprint density at radius 3 is 2.88 bits per heavy atom. The molecule has 17 heavy (non-hydrogen) atoms. The monoisotopic (exact) mass is 234 g/mol. The lowest BCUT2D eigenvalue weighted by molar-refractivity contribution is 0.134. The van der Waals surface area contributed by atoms with Gasteiger partial charge in [-0.15, -0.1) is 0 Å². The van der Waals surface area contributed by atoms with Crippen LogP contribution in [-0.4, -0.2) is 0 Å². The van der Waals surface area contributed by atoms with Crippen molar-refractivity contribution in [3.63, 3.8) is 0 Å². The van der Waals surface area contributed by atoms with Crippen molar-refractivity contribution in [3.8, 4) is 0 Å². The maximum Gasteiger partial charge on any atom is 0.0725 e. The maximum atomic E-state index is 5.65. The van der Waals surface area contributed by atoms with Gasteiger partial charge in [-0.3, -0.25) is 11.3 Å². The molecule has 94 valence electrons. The molecule has 1 aliphatic heterocycles. The number of fused-ring (bicyclic) bond motifs is 1. The van der Waals surface area contributed by atoms with Gasteiger partial charge in [0.05, 0.1) is 13.2 Å². The number of hydrogen-bond acceptors (Lipinski definition) is 3. The van der Waals surface area contributed by atoms with Crippen LogP contribution in [0.3, 0.4) is 0 Å². The molecule has 3 heteroatoms. The number of benzene rings is 1. The van der Waals surface area contributed by atoms with Gasteiger partial charge >= 0.3 is 0 Å². The highest BCUT2D eigenvalue weighted by Gasteiger charge is 2.15. The largest absolute Gasteiger partial charge is 0.372 e. The minimum atomic E-state index is 0.271. The van der Waals surface area contributed by atoms with Gasteiger partial charge in [0.2, 0.25) is 0 Å². The van der Waals surface area contributed by atoms with Crippen LogP contribution in [0.25, 0.3) is 0 Å². The highest BCUT2D eigenvalue weighted by Crippen LogP contribution is 2.26. The minimum Gasteiger partial charge on any atom is -0.372 e. The summed E-state index contributed by atoms with van der Waals surface area (Å²) in [5.41, 5.74) is 6.85. The minimum absolute atomic E-state index is 0.271. The predicted molar refractivity (Wildman–Crippen MR) is 69.1 cm³/mol. The smallest absolute Gasteiger partial charge is 0.0725 e. The van der Waals surface area contributed by atoms with Gasteiger partial charge in [0.1, 0.15) is 0 Å². The van der Waals surface area contributed by atoms with Crippen molar-refractivity contribution < 1.29 is 4.74 Å². The number of ether oxygens (including phenoxy) is 1. The van der Waals surface area contributed by atoms with Gasteiger partial charge in [-0.25, -0.2) is 0 Å². The molecule has 0 radical (unpaired) electrons. The third kappa shape index (κ3) is 3.06. The second kappa shape index (κ2) is 6.15. The van der Waals surface area contributed by atoms with Gasteiger partial charge < -0.3 is 4.74 Å². The Labute approximate surface area is 103 Å². The van der Waals surface area contributed by atoms with E-state index in [1.165, 1.54) is 36.0 Å². The summed E-state index contributed by atoms with van der Waals surface area (Å²) in [5.74, 6) is 5.65. The van der Waals surface area contributed by atoms with E-state index in [-0.39, 0.29) is 6.04 Å². The lowest BCUT2D eigenvalue weighted by atomic mass is 9.97. The van der Waals surface area contributed by atoms with Crippen LogP contribution in [0.5, 0.6) is 0 Å². The van der Waals surface area contributed by atoms with Crippen molar-refractivity contribution >= 4 is 0 Å². The topological polar surface area (TPSA) is 47.3 Å². The van der Waals surface area contributed by atoms with Crippen molar-refractivity contribution in [2.45, 2.75) is 51.9 Å². The molecule has 0 spiro atoms. The molecule has 1 aliphatic rings. The fourth-order valence-corrected chi connectivity index (χ4v) is 2.35. The second-order valence-electron chi connectivity index (χ2n) is 4.74. The number of nitrogens with one attached hydrogen (secondary N) is 1. The first kappa shape index (κ1) is 12.6. The van der Waals surface area contributed by atoms with E-state index in [4.69, 9.17) is 10.6 Å². The van der Waals surface area contributed by atoms with Gasteiger partial charge in [0, 0.05) is 6.04 Å². The van der Waals surface area contributed by atoms with Crippen LogP contribution in [0.1, 0.15) is 55.3 Å². The first-order chi connectivity index (χ1) is 8.35. The molecule has 1 heterocycles. The average molecular weight is 234 g/mol. The molecule has 0 amide bonds. The molecular weight excluding hydrogens is 212 g/mol. The normalized spacial score (nSPS) is 15.9. The van der Waals surface area contributed by atoms with Crippen LogP contribution in [-0.2, 0) is 18.0 Å². The van der Waals surface area contributed by atoms with E-state index in [1.54, 1.807) is 0 Å². The molecule has 3 N–H and O–H groups in total. The van der Waals surface area contributed by atoms with Crippen molar-refractivity contribution in [1.29, 1.82) is 0 Å². The number of hydrogen-bond donors (Lipinski definition) is 2. The fourth-order valence-electron chi connectivity index (χ4n) is 2.35. The number of nitrogens with two attached hydrogens (primary N) is 1. The van der Waals surface area contributed by atoms with E-state index >= 15 is 0 Å². The summed E-state index contributed by atoms with van der Waals surface area (Å²) in [4.78, 5) is 0. The van der Waals surface area contributed by atoms with E-state index in [0.29, 0.717) is 0 Å². The summed E-state index contributed by atoms with van der Waals surface area (Å²) in [6.07, 6.45) is 4.84. The molecule has 1 aromatic rings. The molecule has 0 aliphatic carbocycles. The quantitative estimate of drug-likeness (QED) is 0.452. The molecule has 2 rings (SSSR count). The fraction of sp³-hybridized carbons (Fsp3) is 0.571. The lowest BCUT2D eigenvalue weighted by Gasteiger charge is -2.17. The van der Waals surface area contributed by atoms with Crippen molar-refractivity contribution in [2.24, 2.45) is 5.84 Å². The third-order valence-electron chi connectivity index (χ3n) is 3.45. The van der Waals surface area contributed by atoms with Crippen LogP contribution in [0, 0.1) is 0 Å². The number of unbranched alkanes of at least 4 members (excludes halogenated alkanes) is 2. The van der Waals surface area contributed by atoms with Crippen molar-refractivity contribution in [1.82, 2.24) is 5.43 Å². The van der Waals surface area contributed by atoms with Crippen LogP contribution < -0.4 is 11.3 Å². The first-order valence-corrected chi connectivity index (χ1v) is 6.50. The van der Waals surface area contributed by atoms with E-state index in [1.807, 2.05) is 0 Å². The molecule has 1 aromatic carbocycles. The van der Waals surface area contributed by atoms with Crippen molar-refractivity contribution in [2.75, 3.05) is 0 Å².